The normalized spacial score (nSPS) is 11.6. The number of quaternary nitrogens is 1. The van der Waals surface area contributed by atoms with Crippen LogP contribution in [-0.2, 0) is 4.74 Å². The average molecular weight is 258 g/mol. The van der Waals surface area contributed by atoms with E-state index in [9.17, 15) is 4.79 Å². The molecule has 0 N–H and O–H groups in total. The smallest absolute Gasteiger partial charge is 0.420 e. The SMILES string of the molecule is CCCC[N+](CCCC)(CCCC)C(=O)OCC. The number of carbonyl (C=O) groups excluding carboxylic acids is 1. The Morgan fingerprint density at radius 1 is 0.833 bits per heavy atom. The van der Waals surface area contributed by atoms with E-state index in [1.54, 1.807) is 0 Å². The molecule has 108 valence electrons. The Labute approximate surface area is 113 Å². The molecular formula is C15H32NO2+. The number of ether oxygens (including phenoxy) is 1. The summed E-state index contributed by atoms with van der Waals surface area (Å²) in [4.78, 5) is 12.3. The Morgan fingerprint density at radius 3 is 1.50 bits per heavy atom. The third-order valence-electron chi connectivity index (χ3n) is 3.47. The Balaban J connectivity index is 4.78. The van der Waals surface area contributed by atoms with Crippen molar-refractivity contribution in [2.75, 3.05) is 26.2 Å². The monoisotopic (exact) mass is 258 g/mol. The second kappa shape index (κ2) is 10.4. The second-order valence-corrected chi connectivity index (χ2v) is 5.08. The quantitative estimate of drug-likeness (QED) is 0.544. The molecular weight excluding hydrogens is 226 g/mol. The number of nitrogens with zero attached hydrogens (tertiary/aromatic N) is 1. The van der Waals surface area contributed by atoms with Gasteiger partial charge in [0.2, 0.25) is 0 Å². The molecule has 0 atom stereocenters. The zero-order valence-electron chi connectivity index (χ0n) is 12.8. The molecule has 0 saturated heterocycles. The van der Waals surface area contributed by atoms with Crippen LogP contribution in [0.4, 0.5) is 4.79 Å². The molecule has 3 nitrogen and oxygen atoms in total. The molecule has 0 fully saturated rings. The van der Waals surface area contributed by atoms with Crippen LogP contribution >= 0.6 is 0 Å². The van der Waals surface area contributed by atoms with E-state index in [-0.39, 0.29) is 6.09 Å². The first kappa shape index (κ1) is 17.4. The van der Waals surface area contributed by atoms with Crippen molar-refractivity contribution in [1.82, 2.24) is 0 Å². The topological polar surface area (TPSA) is 26.3 Å². The lowest BCUT2D eigenvalue weighted by Crippen LogP contribution is -2.54. The van der Waals surface area contributed by atoms with Crippen LogP contribution in [0.1, 0.15) is 66.2 Å². The molecule has 0 unspecified atom stereocenters. The van der Waals surface area contributed by atoms with Crippen LogP contribution in [0.5, 0.6) is 0 Å². The first-order valence-electron chi connectivity index (χ1n) is 7.70. The molecule has 0 spiro atoms. The van der Waals surface area contributed by atoms with Gasteiger partial charge in [0.25, 0.3) is 0 Å². The molecule has 0 rings (SSSR count). The Hall–Kier alpha value is -0.570. The van der Waals surface area contributed by atoms with Crippen molar-refractivity contribution in [3.05, 3.63) is 0 Å². The standard InChI is InChI=1S/C15H32NO2/c1-5-9-12-16(13-10-6-2,14-11-7-3)15(17)18-8-4/h5-14H2,1-4H3/q+1. The van der Waals surface area contributed by atoms with E-state index in [4.69, 9.17) is 4.74 Å². The molecule has 0 heterocycles. The van der Waals surface area contributed by atoms with E-state index < -0.39 is 0 Å². The first-order valence-corrected chi connectivity index (χ1v) is 7.70. The van der Waals surface area contributed by atoms with E-state index in [1.165, 1.54) is 0 Å². The van der Waals surface area contributed by atoms with E-state index >= 15 is 0 Å². The van der Waals surface area contributed by atoms with Crippen LogP contribution < -0.4 is 0 Å². The zero-order chi connectivity index (χ0) is 13.9. The van der Waals surface area contributed by atoms with Gasteiger partial charge < -0.3 is 4.74 Å². The van der Waals surface area contributed by atoms with E-state index in [2.05, 4.69) is 20.8 Å². The van der Waals surface area contributed by atoms with Crippen molar-refractivity contribution in [3.63, 3.8) is 0 Å². The lowest BCUT2D eigenvalue weighted by molar-refractivity contribution is -0.858. The van der Waals surface area contributed by atoms with Crippen LogP contribution in [0.2, 0.25) is 0 Å². The summed E-state index contributed by atoms with van der Waals surface area (Å²) >= 11 is 0. The van der Waals surface area contributed by atoms with E-state index in [1.807, 2.05) is 6.92 Å². The summed E-state index contributed by atoms with van der Waals surface area (Å²) < 4.78 is 5.88. The molecule has 0 radical (unpaired) electrons. The third-order valence-corrected chi connectivity index (χ3v) is 3.47. The lowest BCUT2D eigenvalue weighted by Gasteiger charge is -2.34. The molecule has 0 aliphatic heterocycles. The Bertz CT molecular complexity index is 195. The summed E-state index contributed by atoms with van der Waals surface area (Å²) in [6, 6.07) is 0. The minimum atomic E-state index is -0.00662. The van der Waals surface area contributed by atoms with Crippen molar-refractivity contribution in [1.29, 1.82) is 0 Å². The molecule has 0 aromatic rings. The maximum Gasteiger partial charge on any atom is 0.516 e. The second-order valence-electron chi connectivity index (χ2n) is 5.08. The molecule has 0 aromatic heterocycles. The highest BCUT2D eigenvalue weighted by Crippen LogP contribution is 2.17. The van der Waals surface area contributed by atoms with Gasteiger partial charge in [-0.2, -0.15) is 4.79 Å². The van der Waals surface area contributed by atoms with E-state index in [0.717, 1.165) is 58.2 Å². The third kappa shape index (κ3) is 5.85. The number of hydrogen-bond donors (Lipinski definition) is 0. The maximum absolute atomic E-state index is 12.3. The summed E-state index contributed by atoms with van der Waals surface area (Å²) in [5, 5.41) is 0. The summed E-state index contributed by atoms with van der Waals surface area (Å²) in [5.41, 5.74) is 0. The summed E-state index contributed by atoms with van der Waals surface area (Å²) in [6.45, 7) is 11.7. The number of rotatable bonds is 10. The van der Waals surface area contributed by atoms with Gasteiger partial charge in [-0.25, -0.2) is 4.48 Å². The maximum atomic E-state index is 12.3. The summed E-state index contributed by atoms with van der Waals surface area (Å²) in [5.74, 6) is 0. The molecule has 0 aliphatic carbocycles. The van der Waals surface area contributed by atoms with Crippen LogP contribution in [0.3, 0.4) is 0 Å². The van der Waals surface area contributed by atoms with Crippen molar-refractivity contribution < 1.29 is 14.0 Å². The molecule has 3 heteroatoms. The average Bonchev–Trinajstić information content (AvgIpc) is 2.38. The van der Waals surface area contributed by atoms with Gasteiger partial charge in [-0.1, -0.05) is 40.0 Å². The van der Waals surface area contributed by atoms with Crippen LogP contribution in [0.25, 0.3) is 0 Å². The minimum absolute atomic E-state index is 0.00662. The number of amides is 1. The minimum Gasteiger partial charge on any atom is -0.420 e. The highest BCUT2D eigenvalue weighted by atomic mass is 16.6. The Morgan fingerprint density at radius 2 is 1.22 bits per heavy atom. The van der Waals surface area contributed by atoms with Gasteiger partial charge in [0.15, 0.2) is 0 Å². The molecule has 0 saturated carbocycles. The van der Waals surface area contributed by atoms with E-state index in [0.29, 0.717) is 11.1 Å². The molecule has 1 amide bonds. The lowest BCUT2D eigenvalue weighted by atomic mass is 10.2. The van der Waals surface area contributed by atoms with Crippen LogP contribution in [0, 0.1) is 0 Å². The first-order chi connectivity index (χ1) is 8.66. The molecule has 18 heavy (non-hydrogen) atoms. The molecule has 0 aromatic carbocycles. The molecule has 0 aliphatic rings. The van der Waals surface area contributed by atoms with Gasteiger partial charge in [-0.3, -0.25) is 0 Å². The number of hydrogen-bond acceptors (Lipinski definition) is 2. The highest BCUT2D eigenvalue weighted by Gasteiger charge is 2.36. The number of carbonyl (C=O) groups is 1. The van der Waals surface area contributed by atoms with Gasteiger partial charge in [-0.05, 0) is 26.2 Å². The van der Waals surface area contributed by atoms with Crippen molar-refractivity contribution in [2.45, 2.75) is 66.2 Å². The van der Waals surface area contributed by atoms with Crippen molar-refractivity contribution in [2.24, 2.45) is 0 Å². The van der Waals surface area contributed by atoms with Gasteiger partial charge in [0.1, 0.15) is 0 Å². The van der Waals surface area contributed by atoms with Crippen molar-refractivity contribution in [3.8, 4) is 0 Å². The fraction of sp³-hybridized carbons (Fsp3) is 0.933. The Kier molecular flexibility index (Phi) is 10.0. The largest absolute Gasteiger partial charge is 0.516 e. The predicted octanol–water partition coefficient (Wildman–Crippen LogP) is 4.36. The fourth-order valence-corrected chi connectivity index (χ4v) is 2.25. The van der Waals surface area contributed by atoms with Gasteiger partial charge in [-0.15, -0.1) is 0 Å². The predicted molar refractivity (Wildman–Crippen MR) is 76.6 cm³/mol. The van der Waals surface area contributed by atoms with Gasteiger partial charge >= 0.3 is 6.09 Å². The number of unbranched alkanes of at least 4 members (excludes halogenated alkanes) is 3. The summed E-state index contributed by atoms with van der Waals surface area (Å²) in [7, 11) is 0. The highest BCUT2D eigenvalue weighted by molar-refractivity contribution is 5.59. The van der Waals surface area contributed by atoms with Crippen LogP contribution in [0.15, 0.2) is 0 Å². The van der Waals surface area contributed by atoms with Crippen molar-refractivity contribution >= 4 is 6.09 Å². The fourth-order valence-electron chi connectivity index (χ4n) is 2.25. The van der Waals surface area contributed by atoms with Crippen LogP contribution in [-0.4, -0.2) is 36.8 Å². The zero-order valence-corrected chi connectivity index (χ0v) is 12.8. The molecule has 0 bridgehead atoms. The van der Waals surface area contributed by atoms with Gasteiger partial charge in [0.05, 0.1) is 26.2 Å². The van der Waals surface area contributed by atoms with Gasteiger partial charge in [0, 0.05) is 0 Å². The summed E-state index contributed by atoms with van der Waals surface area (Å²) in [6.07, 6.45) is 6.71.